The highest BCUT2D eigenvalue weighted by atomic mass is 15.2. The highest BCUT2D eigenvalue weighted by Gasteiger charge is 2.53. The molecule has 0 aromatic rings. The SMILES string of the molecule is CC(C)CN1CCCC1(C1CCCCC1)C(C)(C)C. The Bertz CT molecular complexity index is 283. The van der Waals surface area contributed by atoms with Crippen molar-refractivity contribution >= 4 is 0 Å². The van der Waals surface area contributed by atoms with Crippen molar-refractivity contribution in [1.82, 2.24) is 4.90 Å². The van der Waals surface area contributed by atoms with Crippen molar-refractivity contribution in [3.8, 4) is 0 Å². The zero-order chi connectivity index (χ0) is 14.1. The Hall–Kier alpha value is -0.0400. The normalized spacial score (nSPS) is 31.3. The van der Waals surface area contributed by atoms with Crippen LogP contribution < -0.4 is 0 Å². The van der Waals surface area contributed by atoms with Gasteiger partial charge in [0.1, 0.15) is 0 Å². The predicted molar refractivity (Wildman–Crippen MR) is 84.4 cm³/mol. The van der Waals surface area contributed by atoms with Gasteiger partial charge in [-0.3, -0.25) is 4.90 Å². The minimum absolute atomic E-state index is 0.417. The van der Waals surface area contributed by atoms with Crippen molar-refractivity contribution in [1.29, 1.82) is 0 Å². The summed E-state index contributed by atoms with van der Waals surface area (Å²) in [5.41, 5.74) is 0.901. The van der Waals surface area contributed by atoms with Crippen LogP contribution in [0.25, 0.3) is 0 Å². The van der Waals surface area contributed by atoms with Crippen LogP contribution in [0.5, 0.6) is 0 Å². The third-order valence-electron chi connectivity index (χ3n) is 5.72. The van der Waals surface area contributed by atoms with Crippen molar-refractivity contribution in [2.24, 2.45) is 17.3 Å². The third kappa shape index (κ3) is 2.86. The molecule has 1 saturated carbocycles. The fourth-order valence-corrected chi connectivity index (χ4v) is 5.10. The Labute approximate surface area is 121 Å². The monoisotopic (exact) mass is 265 g/mol. The summed E-state index contributed by atoms with van der Waals surface area (Å²) in [6, 6.07) is 0. The Morgan fingerprint density at radius 2 is 1.68 bits per heavy atom. The summed E-state index contributed by atoms with van der Waals surface area (Å²) in [5.74, 6) is 1.74. The molecule has 2 fully saturated rings. The molecule has 0 spiro atoms. The first-order valence-corrected chi connectivity index (χ1v) is 8.63. The smallest absolute Gasteiger partial charge is 0.0286 e. The van der Waals surface area contributed by atoms with E-state index in [1.54, 1.807) is 0 Å². The maximum atomic E-state index is 2.90. The van der Waals surface area contributed by atoms with Crippen LogP contribution in [0.15, 0.2) is 0 Å². The van der Waals surface area contributed by atoms with Crippen LogP contribution in [-0.2, 0) is 0 Å². The summed E-state index contributed by atoms with van der Waals surface area (Å²) in [5, 5.41) is 0. The van der Waals surface area contributed by atoms with Crippen molar-refractivity contribution < 1.29 is 0 Å². The molecular formula is C18H35N. The average molecular weight is 265 g/mol. The predicted octanol–water partition coefficient (Wildman–Crippen LogP) is 5.10. The average Bonchev–Trinajstić information content (AvgIpc) is 2.73. The van der Waals surface area contributed by atoms with E-state index in [1.165, 1.54) is 58.0 Å². The molecule has 1 saturated heterocycles. The van der Waals surface area contributed by atoms with E-state index in [-0.39, 0.29) is 0 Å². The Morgan fingerprint density at radius 1 is 1.05 bits per heavy atom. The van der Waals surface area contributed by atoms with Crippen molar-refractivity contribution in [3.63, 3.8) is 0 Å². The van der Waals surface area contributed by atoms with E-state index >= 15 is 0 Å². The van der Waals surface area contributed by atoms with Gasteiger partial charge in [0.05, 0.1) is 0 Å². The number of rotatable bonds is 3. The van der Waals surface area contributed by atoms with Gasteiger partial charge in [-0.2, -0.15) is 0 Å². The molecular weight excluding hydrogens is 230 g/mol. The molecule has 1 unspecified atom stereocenters. The van der Waals surface area contributed by atoms with Gasteiger partial charge in [-0.1, -0.05) is 53.9 Å². The van der Waals surface area contributed by atoms with Gasteiger partial charge in [0.25, 0.3) is 0 Å². The lowest BCUT2D eigenvalue weighted by molar-refractivity contribution is -0.0435. The van der Waals surface area contributed by atoms with E-state index in [9.17, 15) is 0 Å². The summed E-state index contributed by atoms with van der Waals surface area (Å²) >= 11 is 0. The van der Waals surface area contributed by atoms with Gasteiger partial charge >= 0.3 is 0 Å². The van der Waals surface area contributed by atoms with Crippen LogP contribution in [0, 0.1) is 17.3 Å². The molecule has 1 nitrogen and oxygen atoms in total. The van der Waals surface area contributed by atoms with Crippen molar-refractivity contribution in [2.75, 3.05) is 13.1 Å². The quantitative estimate of drug-likeness (QED) is 0.686. The molecule has 0 radical (unpaired) electrons. The van der Waals surface area contributed by atoms with Gasteiger partial charge in [-0.25, -0.2) is 0 Å². The van der Waals surface area contributed by atoms with Crippen LogP contribution in [0.2, 0.25) is 0 Å². The van der Waals surface area contributed by atoms with E-state index in [0.717, 1.165) is 11.8 Å². The van der Waals surface area contributed by atoms with Gasteiger partial charge in [0.2, 0.25) is 0 Å². The lowest BCUT2D eigenvalue weighted by atomic mass is 9.61. The molecule has 0 N–H and O–H groups in total. The minimum atomic E-state index is 0.417. The van der Waals surface area contributed by atoms with E-state index in [2.05, 4.69) is 39.5 Å². The number of hydrogen-bond donors (Lipinski definition) is 0. The first kappa shape index (κ1) is 15.4. The van der Waals surface area contributed by atoms with Crippen molar-refractivity contribution in [2.45, 2.75) is 85.1 Å². The largest absolute Gasteiger partial charge is 0.297 e. The molecule has 1 aliphatic heterocycles. The van der Waals surface area contributed by atoms with E-state index in [4.69, 9.17) is 0 Å². The highest BCUT2D eigenvalue weighted by Crippen LogP contribution is 2.52. The molecule has 1 heteroatoms. The molecule has 1 aliphatic carbocycles. The lowest BCUT2D eigenvalue weighted by Gasteiger charge is -2.55. The minimum Gasteiger partial charge on any atom is -0.297 e. The molecule has 112 valence electrons. The van der Waals surface area contributed by atoms with E-state index in [0.29, 0.717) is 11.0 Å². The molecule has 1 heterocycles. The molecule has 0 aromatic carbocycles. The van der Waals surface area contributed by atoms with Crippen molar-refractivity contribution in [3.05, 3.63) is 0 Å². The maximum Gasteiger partial charge on any atom is 0.0286 e. The summed E-state index contributed by atoms with van der Waals surface area (Å²) in [6.07, 6.45) is 10.2. The fourth-order valence-electron chi connectivity index (χ4n) is 5.10. The summed E-state index contributed by atoms with van der Waals surface area (Å²) < 4.78 is 0. The summed E-state index contributed by atoms with van der Waals surface area (Å²) in [6.45, 7) is 14.9. The number of nitrogens with zero attached hydrogens (tertiary/aromatic N) is 1. The van der Waals surface area contributed by atoms with Crippen LogP contribution in [0.3, 0.4) is 0 Å². The highest BCUT2D eigenvalue weighted by molar-refractivity contribution is 5.08. The standard InChI is InChI=1S/C18H35N/c1-15(2)14-19-13-9-12-18(19,17(3,4)5)16-10-7-6-8-11-16/h15-16H,6-14H2,1-5H3. The van der Waals surface area contributed by atoms with Crippen LogP contribution in [-0.4, -0.2) is 23.5 Å². The Kier molecular flexibility index (Phi) is 4.65. The fraction of sp³-hybridized carbons (Fsp3) is 1.00. The van der Waals surface area contributed by atoms with Gasteiger partial charge in [0.15, 0.2) is 0 Å². The molecule has 0 bridgehead atoms. The van der Waals surface area contributed by atoms with E-state index in [1.807, 2.05) is 0 Å². The first-order chi connectivity index (χ1) is 8.88. The second-order valence-electron chi connectivity index (χ2n) is 8.45. The lowest BCUT2D eigenvalue weighted by Crippen LogP contribution is -2.59. The Morgan fingerprint density at radius 3 is 2.21 bits per heavy atom. The molecule has 1 atom stereocenters. The van der Waals surface area contributed by atoms with Gasteiger partial charge in [0, 0.05) is 12.1 Å². The van der Waals surface area contributed by atoms with Crippen LogP contribution in [0.4, 0.5) is 0 Å². The zero-order valence-corrected chi connectivity index (χ0v) is 14.0. The summed E-state index contributed by atoms with van der Waals surface area (Å²) in [4.78, 5) is 2.90. The first-order valence-electron chi connectivity index (χ1n) is 8.63. The molecule has 2 rings (SSSR count). The van der Waals surface area contributed by atoms with Crippen LogP contribution >= 0.6 is 0 Å². The molecule has 0 amide bonds. The number of likely N-dealkylation sites (tertiary alicyclic amines) is 1. The second kappa shape index (κ2) is 5.76. The van der Waals surface area contributed by atoms with Gasteiger partial charge < -0.3 is 0 Å². The Balaban J connectivity index is 2.27. The zero-order valence-electron chi connectivity index (χ0n) is 14.0. The topological polar surface area (TPSA) is 3.24 Å². The maximum absolute atomic E-state index is 2.90. The summed E-state index contributed by atoms with van der Waals surface area (Å²) in [7, 11) is 0. The van der Waals surface area contributed by atoms with E-state index < -0.39 is 0 Å². The molecule has 19 heavy (non-hydrogen) atoms. The van der Waals surface area contributed by atoms with Gasteiger partial charge in [-0.05, 0) is 49.5 Å². The van der Waals surface area contributed by atoms with Gasteiger partial charge in [-0.15, -0.1) is 0 Å². The third-order valence-corrected chi connectivity index (χ3v) is 5.72. The molecule has 2 aliphatic rings. The number of hydrogen-bond acceptors (Lipinski definition) is 1. The molecule has 0 aromatic heterocycles. The van der Waals surface area contributed by atoms with Crippen LogP contribution in [0.1, 0.15) is 79.6 Å². The second-order valence-corrected chi connectivity index (χ2v) is 8.45.